The maximum Gasteiger partial charge on any atom is 0.151 e. The summed E-state index contributed by atoms with van der Waals surface area (Å²) < 4.78 is 6.11. The van der Waals surface area contributed by atoms with Gasteiger partial charge < -0.3 is 10.1 Å². The van der Waals surface area contributed by atoms with Crippen molar-refractivity contribution in [1.82, 2.24) is 10.2 Å². The van der Waals surface area contributed by atoms with E-state index in [1.54, 1.807) is 7.11 Å². The Bertz CT molecular complexity index is 521. The average Bonchev–Trinajstić information content (AvgIpc) is 2.38. The van der Waals surface area contributed by atoms with Crippen molar-refractivity contribution in [3.63, 3.8) is 0 Å². The fourth-order valence-corrected chi connectivity index (χ4v) is 2.24. The molecule has 0 aliphatic heterocycles. The molecule has 18 heavy (non-hydrogen) atoms. The van der Waals surface area contributed by atoms with Gasteiger partial charge in [-0.2, -0.15) is 0 Å². The minimum absolute atomic E-state index is 0.798. The van der Waals surface area contributed by atoms with E-state index >= 15 is 0 Å². The minimum atomic E-state index is 0.798. The highest BCUT2D eigenvalue weighted by Crippen LogP contribution is 2.30. The molecule has 1 aromatic carbocycles. The molecule has 1 N–H and O–H groups in total. The van der Waals surface area contributed by atoms with Crippen LogP contribution in [0.15, 0.2) is 28.7 Å². The van der Waals surface area contributed by atoms with E-state index in [0.717, 1.165) is 32.9 Å². The van der Waals surface area contributed by atoms with E-state index in [1.165, 1.54) is 0 Å². The molecule has 2 rings (SSSR count). The molecule has 1 aromatic heterocycles. The second-order valence-corrected chi connectivity index (χ2v) is 4.71. The maximum absolute atomic E-state index is 5.20. The van der Waals surface area contributed by atoms with Crippen molar-refractivity contribution in [2.75, 3.05) is 19.5 Å². The van der Waals surface area contributed by atoms with Crippen molar-refractivity contribution >= 4 is 21.7 Å². The first-order chi connectivity index (χ1) is 8.65. The zero-order chi connectivity index (χ0) is 13.1. The van der Waals surface area contributed by atoms with Crippen LogP contribution >= 0.6 is 15.9 Å². The van der Waals surface area contributed by atoms with E-state index in [4.69, 9.17) is 4.74 Å². The first kappa shape index (κ1) is 12.8. The molecule has 94 valence electrons. The Hall–Kier alpha value is -1.62. The second kappa shape index (κ2) is 5.35. The van der Waals surface area contributed by atoms with Crippen LogP contribution < -0.4 is 10.1 Å². The number of halogens is 1. The lowest BCUT2D eigenvalue weighted by molar-refractivity contribution is 0.412. The molecule has 4 nitrogen and oxygen atoms in total. The summed E-state index contributed by atoms with van der Waals surface area (Å²) in [6.07, 6.45) is 0. The van der Waals surface area contributed by atoms with Crippen LogP contribution in [0.1, 0.15) is 5.56 Å². The van der Waals surface area contributed by atoms with Gasteiger partial charge in [0.05, 0.1) is 17.3 Å². The molecule has 0 spiro atoms. The number of nitrogens with one attached hydrogen (secondary N) is 1. The van der Waals surface area contributed by atoms with E-state index in [2.05, 4.69) is 31.4 Å². The van der Waals surface area contributed by atoms with E-state index < -0.39 is 0 Å². The third-order valence-electron chi connectivity index (χ3n) is 2.67. The highest BCUT2D eigenvalue weighted by atomic mass is 79.9. The lowest BCUT2D eigenvalue weighted by Crippen LogP contribution is -1.99. The summed E-state index contributed by atoms with van der Waals surface area (Å²) in [5.74, 6) is 1.60. The van der Waals surface area contributed by atoms with Crippen LogP contribution in [-0.4, -0.2) is 24.4 Å². The summed E-state index contributed by atoms with van der Waals surface area (Å²) in [4.78, 5) is 0. The fourth-order valence-electron chi connectivity index (χ4n) is 1.70. The second-order valence-electron chi connectivity index (χ2n) is 3.86. The highest BCUT2D eigenvalue weighted by Gasteiger charge is 2.07. The largest absolute Gasteiger partial charge is 0.496 e. The van der Waals surface area contributed by atoms with Gasteiger partial charge in [0.2, 0.25) is 0 Å². The number of nitrogens with zero attached hydrogens (tertiary/aromatic N) is 2. The molecule has 0 saturated carbocycles. The normalized spacial score (nSPS) is 10.2. The number of aromatic nitrogens is 2. The smallest absolute Gasteiger partial charge is 0.151 e. The molecular weight excluding hydrogens is 294 g/mol. The Balaban J connectivity index is 2.42. The van der Waals surface area contributed by atoms with Crippen LogP contribution in [-0.2, 0) is 0 Å². The molecule has 2 aromatic rings. The Labute approximate surface area is 115 Å². The average molecular weight is 308 g/mol. The Morgan fingerprint density at radius 2 is 2.00 bits per heavy atom. The standard InChI is InChI=1S/C13H14BrN3O/c1-8-6-11(16-17-13(8)15-2)9-4-5-12(18-3)10(14)7-9/h4-7H,1-3H3,(H,15,17). The SMILES string of the molecule is CNc1nnc(-c2ccc(OC)c(Br)c2)cc1C. The van der Waals surface area contributed by atoms with Gasteiger partial charge in [-0.05, 0) is 52.7 Å². The van der Waals surface area contributed by atoms with Crippen molar-refractivity contribution in [2.45, 2.75) is 6.92 Å². The van der Waals surface area contributed by atoms with Gasteiger partial charge in [-0.15, -0.1) is 10.2 Å². The summed E-state index contributed by atoms with van der Waals surface area (Å²) >= 11 is 3.47. The number of hydrogen-bond donors (Lipinski definition) is 1. The Morgan fingerprint density at radius 3 is 2.56 bits per heavy atom. The summed E-state index contributed by atoms with van der Waals surface area (Å²) in [6, 6.07) is 7.85. The number of ether oxygens (including phenoxy) is 1. The zero-order valence-corrected chi connectivity index (χ0v) is 12.1. The number of benzene rings is 1. The molecule has 0 atom stereocenters. The van der Waals surface area contributed by atoms with Crippen LogP contribution in [0, 0.1) is 6.92 Å². The van der Waals surface area contributed by atoms with E-state index in [9.17, 15) is 0 Å². The molecule has 0 unspecified atom stereocenters. The van der Waals surface area contributed by atoms with Gasteiger partial charge in [0.15, 0.2) is 5.82 Å². The van der Waals surface area contributed by atoms with Crippen LogP contribution in [0.5, 0.6) is 5.75 Å². The van der Waals surface area contributed by atoms with Crippen molar-refractivity contribution in [2.24, 2.45) is 0 Å². The van der Waals surface area contributed by atoms with Crippen molar-refractivity contribution in [1.29, 1.82) is 0 Å². The number of methoxy groups -OCH3 is 1. The molecule has 0 aliphatic rings. The third kappa shape index (κ3) is 2.46. The quantitative estimate of drug-likeness (QED) is 0.945. The maximum atomic E-state index is 5.20. The van der Waals surface area contributed by atoms with Gasteiger partial charge in [0, 0.05) is 12.6 Å². The molecule has 0 fully saturated rings. The monoisotopic (exact) mass is 307 g/mol. The highest BCUT2D eigenvalue weighted by molar-refractivity contribution is 9.10. The predicted octanol–water partition coefficient (Wildman–Crippen LogP) is 3.26. The summed E-state index contributed by atoms with van der Waals surface area (Å²) in [5.41, 5.74) is 2.91. The minimum Gasteiger partial charge on any atom is -0.496 e. The summed E-state index contributed by atoms with van der Waals surface area (Å²) in [5, 5.41) is 11.3. The summed E-state index contributed by atoms with van der Waals surface area (Å²) in [6.45, 7) is 2.00. The van der Waals surface area contributed by atoms with Crippen molar-refractivity contribution in [3.8, 4) is 17.0 Å². The first-order valence-corrected chi connectivity index (χ1v) is 6.31. The molecule has 0 aliphatic carbocycles. The van der Waals surface area contributed by atoms with Gasteiger partial charge in [-0.25, -0.2) is 0 Å². The number of anilines is 1. The lowest BCUT2D eigenvalue weighted by atomic mass is 10.1. The molecule has 0 radical (unpaired) electrons. The van der Waals surface area contributed by atoms with Gasteiger partial charge >= 0.3 is 0 Å². The lowest BCUT2D eigenvalue weighted by Gasteiger charge is -2.08. The molecule has 5 heteroatoms. The summed E-state index contributed by atoms with van der Waals surface area (Å²) in [7, 11) is 3.48. The fraction of sp³-hybridized carbons (Fsp3) is 0.231. The van der Waals surface area contributed by atoms with Gasteiger partial charge in [-0.3, -0.25) is 0 Å². The zero-order valence-electron chi connectivity index (χ0n) is 10.5. The third-order valence-corrected chi connectivity index (χ3v) is 3.29. The van der Waals surface area contributed by atoms with Gasteiger partial charge in [0.1, 0.15) is 5.75 Å². The van der Waals surface area contributed by atoms with Crippen molar-refractivity contribution < 1.29 is 4.74 Å². The van der Waals surface area contributed by atoms with Crippen LogP contribution in [0.3, 0.4) is 0 Å². The number of rotatable bonds is 3. The predicted molar refractivity (Wildman–Crippen MR) is 76.0 cm³/mol. The van der Waals surface area contributed by atoms with Gasteiger partial charge in [0.25, 0.3) is 0 Å². The van der Waals surface area contributed by atoms with Crippen molar-refractivity contribution in [3.05, 3.63) is 34.3 Å². The van der Waals surface area contributed by atoms with E-state index in [-0.39, 0.29) is 0 Å². The Morgan fingerprint density at radius 1 is 1.22 bits per heavy atom. The molecule has 1 heterocycles. The van der Waals surface area contributed by atoms with Gasteiger partial charge in [-0.1, -0.05) is 0 Å². The van der Waals surface area contributed by atoms with E-state index in [1.807, 2.05) is 38.2 Å². The molecule has 0 saturated heterocycles. The van der Waals surface area contributed by atoms with Crippen LogP contribution in [0.25, 0.3) is 11.3 Å². The first-order valence-electron chi connectivity index (χ1n) is 5.51. The number of hydrogen-bond acceptors (Lipinski definition) is 4. The van der Waals surface area contributed by atoms with Crippen LogP contribution in [0.2, 0.25) is 0 Å². The molecular formula is C13H14BrN3O. The molecule has 0 bridgehead atoms. The molecule has 0 amide bonds. The topological polar surface area (TPSA) is 47.0 Å². The number of aryl methyl sites for hydroxylation is 1. The van der Waals surface area contributed by atoms with Crippen LogP contribution in [0.4, 0.5) is 5.82 Å². The Kier molecular flexibility index (Phi) is 3.81. The van der Waals surface area contributed by atoms with E-state index in [0.29, 0.717) is 0 Å².